The zero-order valence-electron chi connectivity index (χ0n) is 14.1. The van der Waals surface area contributed by atoms with Crippen LogP contribution in [0.5, 0.6) is 5.75 Å². The van der Waals surface area contributed by atoms with Gasteiger partial charge in [0.15, 0.2) is 6.61 Å². The maximum absolute atomic E-state index is 12.4. The first-order chi connectivity index (χ1) is 12.3. The van der Waals surface area contributed by atoms with E-state index in [1.165, 1.54) is 5.56 Å². The van der Waals surface area contributed by atoms with Crippen molar-refractivity contribution in [3.05, 3.63) is 88.1 Å². The summed E-state index contributed by atoms with van der Waals surface area (Å²) in [6.07, 6.45) is 0.986. The minimum atomic E-state index is -0.153. The molecule has 0 radical (unpaired) electrons. The fourth-order valence-corrected chi connectivity index (χ4v) is 3.40. The molecule has 0 aliphatic heterocycles. The van der Waals surface area contributed by atoms with Gasteiger partial charge in [-0.15, -0.1) is 11.3 Å². The van der Waals surface area contributed by atoms with Crippen LogP contribution >= 0.6 is 11.3 Å². The molecule has 3 aromatic rings. The van der Waals surface area contributed by atoms with Crippen LogP contribution in [0, 0.1) is 0 Å². The number of hydrogen-bond acceptors (Lipinski definition) is 3. The van der Waals surface area contributed by atoms with E-state index in [0.29, 0.717) is 5.75 Å². The molecule has 0 saturated carbocycles. The van der Waals surface area contributed by atoms with Crippen LogP contribution in [0.25, 0.3) is 0 Å². The molecule has 0 fully saturated rings. The minimum Gasteiger partial charge on any atom is -0.484 e. The Hall–Kier alpha value is -2.59. The molecule has 1 amide bonds. The lowest BCUT2D eigenvalue weighted by Crippen LogP contribution is -2.32. The van der Waals surface area contributed by atoms with Crippen LogP contribution < -0.4 is 10.1 Å². The van der Waals surface area contributed by atoms with Gasteiger partial charge in [0, 0.05) is 4.88 Å². The van der Waals surface area contributed by atoms with Crippen molar-refractivity contribution >= 4 is 17.2 Å². The number of carbonyl (C=O) groups is 1. The molecular weight excluding hydrogens is 330 g/mol. The van der Waals surface area contributed by atoms with Crippen molar-refractivity contribution in [2.75, 3.05) is 6.61 Å². The van der Waals surface area contributed by atoms with E-state index in [0.717, 1.165) is 16.9 Å². The number of nitrogens with one attached hydrogen (secondary N) is 1. The lowest BCUT2D eigenvalue weighted by Gasteiger charge is -2.18. The minimum absolute atomic E-state index is 0.000179. The molecule has 2 aromatic carbocycles. The molecule has 1 atom stereocenters. The van der Waals surface area contributed by atoms with Gasteiger partial charge in [-0.2, -0.15) is 0 Å². The highest BCUT2D eigenvalue weighted by molar-refractivity contribution is 7.10. The largest absolute Gasteiger partial charge is 0.484 e. The molecular formula is C21H21NO2S. The van der Waals surface area contributed by atoms with Crippen molar-refractivity contribution in [3.8, 4) is 5.75 Å². The first-order valence-corrected chi connectivity index (χ1v) is 9.23. The fraction of sp³-hybridized carbons (Fsp3) is 0.190. The van der Waals surface area contributed by atoms with E-state index in [9.17, 15) is 4.79 Å². The molecule has 3 nitrogen and oxygen atoms in total. The van der Waals surface area contributed by atoms with Crippen LogP contribution in [0.1, 0.15) is 29.0 Å². The number of aryl methyl sites for hydroxylation is 1. The third-order valence-corrected chi connectivity index (χ3v) is 4.90. The van der Waals surface area contributed by atoms with Gasteiger partial charge in [0.25, 0.3) is 5.91 Å². The molecule has 0 aliphatic carbocycles. The van der Waals surface area contributed by atoms with E-state index in [-0.39, 0.29) is 18.6 Å². The number of thiophene rings is 1. The Balaban J connectivity index is 1.64. The molecule has 128 valence electrons. The lowest BCUT2D eigenvalue weighted by molar-refractivity contribution is -0.123. The predicted molar refractivity (Wildman–Crippen MR) is 102 cm³/mol. The second-order valence-corrected chi connectivity index (χ2v) is 6.69. The molecule has 0 spiro atoms. The highest BCUT2D eigenvalue weighted by Crippen LogP contribution is 2.25. The van der Waals surface area contributed by atoms with E-state index < -0.39 is 0 Å². The molecule has 1 N–H and O–H groups in total. The van der Waals surface area contributed by atoms with Gasteiger partial charge in [0.2, 0.25) is 0 Å². The van der Waals surface area contributed by atoms with Crippen molar-refractivity contribution < 1.29 is 9.53 Å². The second kappa shape index (κ2) is 8.49. The maximum Gasteiger partial charge on any atom is 0.258 e. The van der Waals surface area contributed by atoms with Crippen molar-refractivity contribution in [1.29, 1.82) is 0 Å². The third-order valence-electron chi connectivity index (χ3n) is 3.97. The summed E-state index contributed by atoms with van der Waals surface area (Å²) in [4.78, 5) is 13.5. The maximum atomic E-state index is 12.4. The summed E-state index contributed by atoms with van der Waals surface area (Å²) in [5.74, 6) is 0.571. The van der Waals surface area contributed by atoms with Crippen molar-refractivity contribution in [2.24, 2.45) is 0 Å². The van der Waals surface area contributed by atoms with Crippen LogP contribution in [0.4, 0.5) is 0 Å². The normalized spacial score (nSPS) is 11.7. The Morgan fingerprint density at radius 1 is 1.04 bits per heavy atom. The van der Waals surface area contributed by atoms with E-state index >= 15 is 0 Å². The van der Waals surface area contributed by atoms with Crippen LogP contribution in [-0.4, -0.2) is 12.5 Å². The van der Waals surface area contributed by atoms with Crippen molar-refractivity contribution in [3.63, 3.8) is 0 Å². The van der Waals surface area contributed by atoms with Gasteiger partial charge in [0.1, 0.15) is 5.75 Å². The van der Waals surface area contributed by atoms with Crippen LogP contribution in [0.2, 0.25) is 0 Å². The SMILES string of the molecule is CCc1ccc(OCC(=O)NC(c2ccccc2)c2cccs2)cc1. The quantitative estimate of drug-likeness (QED) is 0.676. The molecule has 1 aromatic heterocycles. The van der Waals surface area contributed by atoms with Gasteiger partial charge >= 0.3 is 0 Å². The second-order valence-electron chi connectivity index (χ2n) is 5.71. The van der Waals surface area contributed by atoms with Crippen LogP contribution in [0.15, 0.2) is 72.1 Å². The molecule has 4 heteroatoms. The lowest BCUT2D eigenvalue weighted by atomic mass is 10.1. The van der Waals surface area contributed by atoms with Crippen molar-refractivity contribution in [2.45, 2.75) is 19.4 Å². The summed E-state index contributed by atoms with van der Waals surface area (Å²) >= 11 is 1.63. The Labute approximate surface area is 152 Å². The van der Waals surface area contributed by atoms with Crippen molar-refractivity contribution in [1.82, 2.24) is 5.32 Å². The van der Waals surface area contributed by atoms with Crippen LogP contribution in [0.3, 0.4) is 0 Å². The molecule has 0 saturated heterocycles. The van der Waals surface area contributed by atoms with Gasteiger partial charge in [-0.1, -0.05) is 55.5 Å². The van der Waals surface area contributed by atoms with Gasteiger partial charge in [0.05, 0.1) is 6.04 Å². The molecule has 25 heavy (non-hydrogen) atoms. The Morgan fingerprint density at radius 3 is 2.44 bits per heavy atom. The topological polar surface area (TPSA) is 38.3 Å². The Kier molecular flexibility index (Phi) is 5.86. The van der Waals surface area contributed by atoms with E-state index in [4.69, 9.17) is 4.74 Å². The number of rotatable bonds is 7. The molecule has 3 rings (SSSR count). The summed E-state index contributed by atoms with van der Waals surface area (Å²) in [5.41, 5.74) is 2.31. The van der Waals surface area contributed by atoms with E-state index in [1.807, 2.05) is 72.1 Å². The Morgan fingerprint density at radius 2 is 1.80 bits per heavy atom. The number of ether oxygens (including phenoxy) is 1. The standard InChI is InChI=1S/C21H21NO2S/c1-2-16-10-12-18(13-11-16)24-15-20(23)22-21(19-9-6-14-25-19)17-7-4-3-5-8-17/h3-14,21H,2,15H2,1H3,(H,22,23). The van der Waals surface area contributed by atoms with Crippen LogP contribution in [-0.2, 0) is 11.2 Å². The molecule has 0 aliphatic rings. The number of benzene rings is 2. The highest BCUT2D eigenvalue weighted by atomic mass is 32.1. The van der Waals surface area contributed by atoms with Gasteiger partial charge in [-0.05, 0) is 41.1 Å². The molecule has 1 unspecified atom stereocenters. The first kappa shape index (κ1) is 17.2. The van der Waals surface area contributed by atoms with E-state index in [2.05, 4.69) is 12.2 Å². The third kappa shape index (κ3) is 4.70. The zero-order valence-corrected chi connectivity index (χ0v) is 15.0. The summed E-state index contributed by atoms with van der Waals surface area (Å²) in [6, 6.07) is 21.7. The monoisotopic (exact) mass is 351 g/mol. The average Bonchev–Trinajstić information content (AvgIpc) is 3.20. The Bertz CT molecular complexity index is 783. The van der Waals surface area contributed by atoms with E-state index in [1.54, 1.807) is 11.3 Å². The first-order valence-electron chi connectivity index (χ1n) is 8.35. The number of amides is 1. The molecule has 0 bridgehead atoms. The van der Waals surface area contributed by atoms with Gasteiger partial charge in [-0.3, -0.25) is 4.79 Å². The fourth-order valence-electron chi connectivity index (χ4n) is 2.59. The summed E-state index contributed by atoms with van der Waals surface area (Å²) in [5, 5.41) is 5.09. The zero-order chi connectivity index (χ0) is 17.5. The highest BCUT2D eigenvalue weighted by Gasteiger charge is 2.17. The number of carbonyl (C=O) groups excluding carboxylic acids is 1. The molecule has 1 heterocycles. The van der Waals surface area contributed by atoms with Gasteiger partial charge < -0.3 is 10.1 Å². The average molecular weight is 351 g/mol. The summed E-state index contributed by atoms with van der Waals surface area (Å²) < 4.78 is 5.61. The summed E-state index contributed by atoms with van der Waals surface area (Å²) in [7, 11) is 0. The summed E-state index contributed by atoms with van der Waals surface area (Å²) in [6.45, 7) is 2.11. The van der Waals surface area contributed by atoms with Gasteiger partial charge in [-0.25, -0.2) is 0 Å². The predicted octanol–water partition coefficient (Wildman–Crippen LogP) is 4.60. The number of hydrogen-bond donors (Lipinski definition) is 1. The smallest absolute Gasteiger partial charge is 0.258 e.